The molecule has 0 aromatic rings. The van der Waals surface area contributed by atoms with Crippen LogP contribution in [0.3, 0.4) is 0 Å². The summed E-state index contributed by atoms with van der Waals surface area (Å²) in [6, 6.07) is 0.0420. The van der Waals surface area contributed by atoms with Gasteiger partial charge in [-0.15, -0.1) is 0 Å². The second-order valence-electron chi connectivity index (χ2n) is 5.99. The van der Waals surface area contributed by atoms with E-state index in [1.165, 1.54) is 19.3 Å². The summed E-state index contributed by atoms with van der Waals surface area (Å²) in [7, 11) is 0. The maximum absolute atomic E-state index is 12.3. The lowest BCUT2D eigenvalue weighted by Crippen LogP contribution is -2.46. The Bertz CT molecular complexity index is 265. The predicted octanol–water partition coefficient (Wildman–Crippen LogP) is 4.68. The summed E-state index contributed by atoms with van der Waals surface area (Å²) < 4.78 is 43.0. The van der Waals surface area contributed by atoms with Crippen LogP contribution in [0.4, 0.5) is 13.2 Å². The average molecular weight is 309 g/mol. The number of nitrogens with one attached hydrogen (secondary N) is 1. The molecule has 1 saturated carbocycles. The number of hydrogen-bond acceptors (Lipinski definition) is 2. The first kappa shape index (κ1) is 18.8. The Hall–Kier alpha value is -0.290. The van der Waals surface area contributed by atoms with Crippen LogP contribution in [0.2, 0.25) is 0 Å². The van der Waals surface area contributed by atoms with E-state index in [4.69, 9.17) is 4.74 Å². The molecule has 2 nitrogen and oxygen atoms in total. The van der Waals surface area contributed by atoms with Gasteiger partial charge in [-0.1, -0.05) is 26.2 Å². The molecular weight excluding hydrogens is 279 g/mol. The number of likely N-dealkylation sites (N-methyl/N-ethyl adjacent to an activating group) is 1. The van der Waals surface area contributed by atoms with Gasteiger partial charge < -0.3 is 10.1 Å². The fourth-order valence-electron chi connectivity index (χ4n) is 3.40. The summed E-state index contributed by atoms with van der Waals surface area (Å²) in [5.74, 6) is 0.494. The van der Waals surface area contributed by atoms with Crippen molar-refractivity contribution < 1.29 is 17.9 Å². The van der Waals surface area contributed by atoms with E-state index in [1.807, 2.05) is 13.8 Å². The summed E-state index contributed by atoms with van der Waals surface area (Å²) in [6.07, 6.45) is 2.02. The third-order valence-corrected chi connectivity index (χ3v) is 4.31. The van der Waals surface area contributed by atoms with Gasteiger partial charge in [-0.3, -0.25) is 0 Å². The summed E-state index contributed by atoms with van der Waals surface area (Å²) in [4.78, 5) is 0. The van der Waals surface area contributed by atoms with Crippen molar-refractivity contribution in [1.29, 1.82) is 0 Å². The molecule has 1 aliphatic carbocycles. The molecule has 21 heavy (non-hydrogen) atoms. The minimum Gasteiger partial charge on any atom is -0.377 e. The first-order valence-corrected chi connectivity index (χ1v) is 8.39. The van der Waals surface area contributed by atoms with E-state index >= 15 is 0 Å². The van der Waals surface area contributed by atoms with Crippen molar-refractivity contribution in [2.75, 3.05) is 13.2 Å². The third kappa shape index (κ3) is 7.50. The monoisotopic (exact) mass is 309 g/mol. The Kier molecular flexibility index (Phi) is 8.64. The van der Waals surface area contributed by atoms with E-state index in [2.05, 4.69) is 5.32 Å². The zero-order valence-electron chi connectivity index (χ0n) is 13.3. The zero-order valence-corrected chi connectivity index (χ0v) is 13.3. The maximum Gasteiger partial charge on any atom is 0.389 e. The van der Waals surface area contributed by atoms with Crippen LogP contribution in [-0.4, -0.2) is 31.5 Å². The molecule has 0 heterocycles. The molecule has 0 spiro atoms. The molecule has 0 aromatic heterocycles. The van der Waals surface area contributed by atoms with E-state index in [0.717, 1.165) is 19.4 Å². The summed E-state index contributed by atoms with van der Waals surface area (Å²) in [5.41, 5.74) is 0. The highest BCUT2D eigenvalue weighted by Crippen LogP contribution is 2.31. The molecule has 1 fully saturated rings. The topological polar surface area (TPSA) is 21.3 Å². The Balaban J connectivity index is 2.58. The number of rotatable bonds is 9. The SMILES string of the molecule is CCNC(CCCC(F)(F)F)C(OCC)C1CCCCC1. The van der Waals surface area contributed by atoms with Crippen LogP contribution in [0.1, 0.15) is 65.2 Å². The minimum absolute atomic E-state index is 0.0420. The maximum atomic E-state index is 12.3. The summed E-state index contributed by atoms with van der Waals surface area (Å²) in [5, 5.41) is 3.36. The highest BCUT2D eigenvalue weighted by atomic mass is 19.4. The minimum atomic E-state index is -4.05. The number of alkyl halides is 3. The highest BCUT2D eigenvalue weighted by molar-refractivity contribution is 4.85. The molecule has 0 bridgehead atoms. The molecule has 2 unspecified atom stereocenters. The van der Waals surface area contributed by atoms with E-state index in [0.29, 0.717) is 18.9 Å². The van der Waals surface area contributed by atoms with Gasteiger partial charge in [0, 0.05) is 19.1 Å². The van der Waals surface area contributed by atoms with Crippen molar-refractivity contribution in [1.82, 2.24) is 5.32 Å². The third-order valence-electron chi connectivity index (χ3n) is 4.31. The molecule has 1 rings (SSSR count). The highest BCUT2D eigenvalue weighted by Gasteiger charge is 2.32. The molecule has 126 valence electrons. The fraction of sp³-hybridized carbons (Fsp3) is 1.00. The Morgan fingerprint density at radius 3 is 2.33 bits per heavy atom. The van der Waals surface area contributed by atoms with E-state index in [9.17, 15) is 13.2 Å². The van der Waals surface area contributed by atoms with Gasteiger partial charge >= 0.3 is 6.18 Å². The Labute approximate surface area is 126 Å². The average Bonchev–Trinajstić information content (AvgIpc) is 2.44. The van der Waals surface area contributed by atoms with Crippen LogP contribution < -0.4 is 5.32 Å². The largest absolute Gasteiger partial charge is 0.389 e. The van der Waals surface area contributed by atoms with Crippen molar-refractivity contribution in [3.63, 3.8) is 0 Å². The molecule has 1 aliphatic rings. The van der Waals surface area contributed by atoms with Crippen molar-refractivity contribution in [3.8, 4) is 0 Å². The molecular formula is C16H30F3NO. The lowest BCUT2D eigenvalue weighted by atomic mass is 9.81. The Morgan fingerprint density at radius 1 is 1.14 bits per heavy atom. The number of ether oxygens (including phenoxy) is 1. The van der Waals surface area contributed by atoms with Gasteiger partial charge in [0.1, 0.15) is 0 Å². The van der Waals surface area contributed by atoms with E-state index < -0.39 is 12.6 Å². The molecule has 0 amide bonds. The quantitative estimate of drug-likeness (QED) is 0.667. The molecule has 0 aliphatic heterocycles. The standard InChI is InChI=1S/C16H30F3NO/c1-3-20-14(11-8-12-16(17,18)19)15(21-4-2)13-9-6-5-7-10-13/h13-15,20H,3-12H2,1-2H3. The zero-order chi connectivity index (χ0) is 15.7. The van der Waals surface area contributed by atoms with Crippen LogP contribution in [0.5, 0.6) is 0 Å². The second kappa shape index (κ2) is 9.67. The molecule has 2 atom stereocenters. The van der Waals surface area contributed by atoms with Gasteiger partial charge in [-0.05, 0) is 45.1 Å². The molecule has 5 heteroatoms. The number of halogens is 3. The first-order chi connectivity index (χ1) is 9.98. The second-order valence-corrected chi connectivity index (χ2v) is 5.99. The Morgan fingerprint density at radius 2 is 1.81 bits per heavy atom. The van der Waals surface area contributed by atoms with Gasteiger partial charge in [0.25, 0.3) is 0 Å². The molecule has 0 aromatic carbocycles. The van der Waals surface area contributed by atoms with Crippen molar-refractivity contribution in [2.45, 2.75) is 83.5 Å². The van der Waals surface area contributed by atoms with Crippen LogP contribution >= 0.6 is 0 Å². The van der Waals surface area contributed by atoms with Crippen LogP contribution in [0.25, 0.3) is 0 Å². The molecule has 0 saturated heterocycles. The van der Waals surface area contributed by atoms with Gasteiger partial charge in [0.2, 0.25) is 0 Å². The smallest absolute Gasteiger partial charge is 0.377 e. The first-order valence-electron chi connectivity index (χ1n) is 8.39. The molecule has 0 radical (unpaired) electrons. The van der Waals surface area contributed by atoms with Crippen molar-refractivity contribution in [2.24, 2.45) is 5.92 Å². The normalized spacial score (nSPS) is 20.4. The fourth-order valence-corrected chi connectivity index (χ4v) is 3.40. The van der Waals surface area contributed by atoms with E-state index in [-0.39, 0.29) is 18.6 Å². The van der Waals surface area contributed by atoms with Gasteiger partial charge in [-0.2, -0.15) is 13.2 Å². The lowest BCUT2D eigenvalue weighted by Gasteiger charge is -2.36. The van der Waals surface area contributed by atoms with Gasteiger partial charge in [0.05, 0.1) is 6.10 Å². The van der Waals surface area contributed by atoms with Gasteiger partial charge in [0.15, 0.2) is 0 Å². The van der Waals surface area contributed by atoms with Crippen LogP contribution in [0, 0.1) is 5.92 Å². The van der Waals surface area contributed by atoms with Crippen LogP contribution in [-0.2, 0) is 4.74 Å². The van der Waals surface area contributed by atoms with Gasteiger partial charge in [-0.25, -0.2) is 0 Å². The predicted molar refractivity (Wildman–Crippen MR) is 79.4 cm³/mol. The summed E-state index contributed by atoms with van der Waals surface area (Å²) in [6.45, 7) is 5.37. The lowest BCUT2D eigenvalue weighted by molar-refractivity contribution is -0.136. The van der Waals surface area contributed by atoms with Crippen molar-refractivity contribution >= 4 is 0 Å². The van der Waals surface area contributed by atoms with Crippen LogP contribution in [0.15, 0.2) is 0 Å². The number of hydrogen-bond donors (Lipinski definition) is 1. The molecule has 1 N–H and O–H groups in total. The van der Waals surface area contributed by atoms with Crippen molar-refractivity contribution in [3.05, 3.63) is 0 Å². The van der Waals surface area contributed by atoms with E-state index in [1.54, 1.807) is 0 Å². The summed E-state index contributed by atoms with van der Waals surface area (Å²) >= 11 is 0.